The van der Waals surface area contributed by atoms with Gasteiger partial charge in [-0.25, -0.2) is 8.42 Å². The van der Waals surface area contributed by atoms with E-state index in [-0.39, 0.29) is 11.8 Å². The molecule has 4 nitrogen and oxygen atoms in total. The topological polar surface area (TPSA) is 63.4 Å². The van der Waals surface area contributed by atoms with Crippen LogP contribution in [0.2, 0.25) is 0 Å². The van der Waals surface area contributed by atoms with Crippen molar-refractivity contribution >= 4 is 15.5 Å². The number of hydrogen-bond acceptors (Lipinski definition) is 4. The average Bonchev–Trinajstić information content (AvgIpc) is 2.64. The first-order valence-corrected chi connectivity index (χ1v) is 7.95. The maximum atomic E-state index is 11.5. The lowest BCUT2D eigenvalue weighted by atomic mass is 10.1. The lowest BCUT2D eigenvalue weighted by Crippen LogP contribution is -2.32. The van der Waals surface area contributed by atoms with E-state index in [4.69, 9.17) is 5.73 Å². The van der Waals surface area contributed by atoms with Crippen LogP contribution in [-0.2, 0) is 16.4 Å². The number of anilines is 1. The lowest BCUT2D eigenvalue weighted by Gasteiger charge is -2.23. The number of nitrogens with zero attached hydrogens (tertiary/aromatic N) is 1. The molecule has 1 aliphatic heterocycles. The largest absolute Gasteiger partial charge is 0.398 e. The van der Waals surface area contributed by atoms with Crippen molar-refractivity contribution in [3.05, 3.63) is 29.3 Å². The molecule has 1 aromatic carbocycles. The molecule has 1 unspecified atom stereocenters. The highest BCUT2D eigenvalue weighted by Gasteiger charge is 2.30. The summed E-state index contributed by atoms with van der Waals surface area (Å²) in [5.41, 5.74) is 8.96. The van der Waals surface area contributed by atoms with Crippen LogP contribution in [0, 0.1) is 6.92 Å². The second-order valence-corrected chi connectivity index (χ2v) is 7.40. The van der Waals surface area contributed by atoms with Gasteiger partial charge in [-0.3, -0.25) is 4.90 Å². The van der Waals surface area contributed by atoms with Gasteiger partial charge in [0.2, 0.25) is 0 Å². The van der Waals surface area contributed by atoms with E-state index < -0.39 is 9.84 Å². The minimum atomic E-state index is -2.82. The third kappa shape index (κ3) is 3.03. The Balaban J connectivity index is 2.08. The first kappa shape index (κ1) is 13.4. The molecular weight excluding hydrogens is 248 g/mol. The van der Waals surface area contributed by atoms with E-state index in [0.29, 0.717) is 12.3 Å². The molecule has 18 heavy (non-hydrogen) atoms. The van der Waals surface area contributed by atoms with E-state index in [1.54, 1.807) is 0 Å². The van der Waals surface area contributed by atoms with E-state index in [9.17, 15) is 8.42 Å². The monoisotopic (exact) mass is 268 g/mol. The van der Waals surface area contributed by atoms with E-state index >= 15 is 0 Å². The van der Waals surface area contributed by atoms with Gasteiger partial charge in [0.25, 0.3) is 0 Å². The number of benzene rings is 1. The minimum absolute atomic E-state index is 0.120. The van der Waals surface area contributed by atoms with Crippen molar-refractivity contribution in [3.8, 4) is 0 Å². The first-order chi connectivity index (χ1) is 8.37. The summed E-state index contributed by atoms with van der Waals surface area (Å²) in [5, 5.41) is 0. The van der Waals surface area contributed by atoms with Crippen molar-refractivity contribution in [2.24, 2.45) is 0 Å². The van der Waals surface area contributed by atoms with E-state index in [0.717, 1.165) is 17.7 Å². The standard InChI is InChI=1S/C13H20N2O2S/c1-10-3-4-13(14)11(7-10)8-15(2)12-5-6-18(16,17)9-12/h3-4,7,12H,5-6,8-9,14H2,1-2H3. The van der Waals surface area contributed by atoms with Crippen molar-refractivity contribution in [1.82, 2.24) is 4.90 Å². The summed E-state index contributed by atoms with van der Waals surface area (Å²) in [7, 11) is -0.858. The van der Waals surface area contributed by atoms with Gasteiger partial charge in [-0.05, 0) is 32.0 Å². The van der Waals surface area contributed by atoms with Gasteiger partial charge in [-0.15, -0.1) is 0 Å². The summed E-state index contributed by atoms with van der Waals surface area (Å²) in [5.74, 6) is 0.584. The van der Waals surface area contributed by atoms with Crippen LogP contribution in [0.4, 0.5) is 5.69 Å². The molecule has 100 valence electrons. The van der Waals surface area contributed by atoms with Gasteiger partial charge in [0.1, 0.15) is 0 Å². The van der Waals surface area contributed by atoms with Gasteiger partial charge in [0.15, 0.2) is 9.84 Å². The molecule has 0 bridgehead atoms. The van der Waals surface area contributed by atoms with E-state index in [1.807, 2.05) is 26.1 Å². The van der Waals surface area contributed by atoms with Gasteiger partial charge >= 0.3 is 0 Å². The van der Waals surface area contributed by atoms with Crippen LogP contribution in [0.5, 0.6) is 0 Å². The molecule has 1 fully saturated rings. The molecule has 2 rings (SSSR count). The predicted molar refractivity (Wildman–Crippen MR) is 74.1 cm³/mol. The Bertz CT molecular complexity index is 540. The third-order valence-corrected chi connectivity index (χ3v) is 5.30. The molecule has 0 spiro atoms. The maximum absolute atomic E-state index is 11.5. The second-order valence-electron chi connectivity index (χ2n) is 5.17. The fourth-order valence-corrected chi connectivity index (χ4v) is 4.20. The number of nitrogens with two attached hydrogens (primary N) is 1. The molecule has 1 atom stereocenters. The van der Waals surface area contributed by atoms with Crippen molar-refractivity contribution in [2.45, 2.75) is 25.9 Å². The maximum Gasteiger partial charge on any atom is 0.151 e. The smallest absolute Gasteiger partial charge is 0.151 e. The van der Waals surface area contributed by atoms with Crippen LogP contribution in [-0.4, -0.2) is 37.9 Å². The summed E-state index contributed by atoms with van der Waals surface area (Å²) in [6.07, 6.45) is 0.727. The van der Waals surface area contributed by atoms with Gasteiger partial charge in [0, 0.05) is 18.3 Å². The molecule has 0 radical (unpaired) electrons. The molecule has 0 amide bonds. The fourth-order valence-electron chi connectivity index (χ4n) is 2.39. The summed E-state index contributed by atoms with van der Waals surface area (Å²) in [6, 6.07) is 6.08. The van der Waals surface area contributed by atoms with Crippen LogP contribution in [0.15, 0.2) is 18.2 Å². The molecule has 1 aliphatic rings. The highest BCUT2D eigenvalue weighted by Crippen LogP contribution is 2.21. The van der Waals surface area contributed by atoms with Gasteiger partial charge < -0.3 is 5.73 Å². The van der Waals surface area contributed by atoms with Crippen LogP contribution < -0.4 is 5.73 Å². The SMILES string of the molecule is Cc1ccc(N)c(CN(C)C2CCS(=O)(=O)C2)c1. The Morgan fingerprint density at radius 1 is 1.44 bits per heavy atom. The zero-order valence-corrected chi connectivity index (χ0v) is 11.7. The van der Waals surface area contributed by atoms with Crippen molar-refractivity contribution < 1.29 is 8.42 Å². The van der Waals surface area contributed by atoms with E-state index in [2.05, 4.69) is 11.0 Å². The normalized spacial score (nSPS) is 22.5. The van der Waals surface area contributed by atoms with Crippen molar-refractivity contribution in [1.29, 1.82) is 0 Å². The number of nitrogen functional groups attached to an aromatic ring is 1. The van der Waals surface area contributed by atoms with E-state index in [1.165, 1.54) is 5.56 Å². The van der Waals surface area contributed by atoms with Gasteiger partial charge in [0.05, 0.1) is 11.5 Å². The fraction of sp³-hybridized carbons (Fsp3) is 0.538. The zero-order chi connectivity index (χ0) is 13.3. The average molecular weight is 268 g/mol. The van der Waals surface area contributed by atoms with Crippen molar-refractivity contribution in [3.63, 3.8) is 0 Å². The second kappa shape index (κ2) is 4.90. The summed E-state index contributed by atoms with van der Waals surface area (Å²) >= 11 is 0. The molecule has 0 saturated carbocycles. The summed E-state index contributed by atoms with van der Waals surface area (Å²) < 4.78 is 22.9. The van der Waals surface area contributed by atoms with Crippen LogP contribution >= 0.6 is 0 Å². The molecular formula is C13H20N2O2S. The number of aryl methyl sites for hydroxylation is 1. The number of sulfone groups is 1. The van der Waals surface area contributed by atoms with Crippen LogP contribution in [0.1, 0.15) is 17.5 Å². The number of rotatable bonds is 3. The molecule has 1 saturated heterocycles. The third-order valence-electron chi connectivity index (χ3n) is 3.55. The Kier molecular flexibility index (Phi) is 3.64. The Morgan fingerprint density at radius 3 is 2.78 bits per heavy atom. The first-order valence-electron chi connectivity index (χ1n) is 6.13. The zero-order valence-electron chi connectivity index (χ0n) is 10.9. The Hall–Kier alpha value is -1.07. The van der Waals surface area contributed by atoms with Crippen LogP contribution in [0.3, 0.4) is 0 Å². The molecule has 0 aliphatic carbocycles. The quantitative estimate of drug-likeness (QED) is 0.837. The molecule has 2 N–H and O–H groups in total. The predicted octanol–water partition coefficient (Wildman–Crippen LogP) is 1.20. The van der Waals surface area contributed by atoms with Crippen LogP contribution in [0.25, 0.3) is 0 Å². The highest BCUT2D eigenvalue weighted by atomic mass is 32.2. The Morgan fingerprint density at radius 2 is 2.17 bits per heavy atom. The summed E-state index contributed by atoms with van der Waals surface area (Å²) in [4.78, 5) is 2.09. The Labute approximate surface area is 109 Å². The van der Waals surface area contributed by atoms with Gasteiger partial charge in [-0.1, -0.05) is 17.7 Å². The highest BCUT2D eigenvalue weighted by molar-refractivity contribution is 7.91. The van der Waals surface area contributed by atoms with Crippen molar-refractivity contribution in [2.75, 3.05) is 24.3 Å². The molecule has 1 heterocycles. The summed E-state index contributed by atoms with van der Waals surface area (Å²) in [6.45, 7) is 2.73. The van der Waals surface area contributed by atoms with Gasteiger partial charge in [-0.2, -0.15) is 0 Å². The minimum Gasteiger partial charge on any atom is -0.398 e. The molecule has 1 aromatic rings. The lowest BCUT2D eigenvalue weighted by molar-refractivity contribution is 0.254. The molecule has 0 aromatic heterocycles. The molecule has 5 heteroatoms. The number of hydrogen-bond donors (Lipinski definition) is 1.